The van der Waals surface area contributed by atoms with E-state index in [2.05, 4.69) is 40.2 Å². The van der Waals surface area contributed by atoms with E-state index in [4.69, 9.17) is 12.2 Å². The molecule has 2 aromatic rings. The molecule has 2 heterocycles. The lowest BCUT2D eigenvalue weighted by atomic mass is 10.1. The van der Waals surface area contributed by atoms with E-state index in [1.807, 2.05) is 18.3 Å². The van der Waals surface area contributed by atoms with Gasteiger partial charge >= 0.3 is 0 Å². The summed E-state index contributed by atoms with van der Waals surface area (Å²) in [6.07, 6.45) is 4.13. The minimum Gasteiger partial charge on any atom is -0.329 e. The van der Waals surface area contributed by atoms with Crippen LogP contribution in [0.5, 0.6) is 0 Å². The van der Waals surface area contributed by atoms with Crippen LogP contribution >= 0.6 is 12.2 Å². The zero-order chi connectivity index (χ0) is 14.5. The lowest BCUT2D eigenvalue weighted by molar-refractivity contribution is 0.288. The summed E-state index contributed by atoms with van der Waals surface area (Å²) in [5, 5.41) is 0. The minimum atomic E-state index is 0.377. The highest BCUT2D eigenvalue weighted by Gasteiger charge is 2.12. The number of hydrogen-bond donors (Lipinski definition) is 1. The summed E-state index contributed by atoms with van der Waals surface area (Å²) in [7, 11) is 0. The van der Waals surface area contributed by atoms with Gasteiger partial charge in [0.2, 0.25) is 0 Å². The van der Waals surface area contributed by atoms with Gasteiger partial charge in [0.25, 0.3) is 0 Å². The Morgan fingerprint density at radius 2 is 2.15 bits per heavy atom. The molecule has 0 aliphatic heterocycles. The fourth-order valence-corrected chi connectivity index (χ4v) is 3.02. The van der Waals surface area contributed by atoms with Gasteiger partial charge in [0.05, 0.1) is 5.52 Å². The zero-order valence-corrected chi connectivity index (χ0v) is 13.4. The molecule has 110 valence electrons. The Kier molecular flexibility index (Phi) is 5.31. The molecule has 0 spiro atoms. The van der Waals surface area contributed by atoms with Crippen LogP contribution in [0.25, 0.3) is 11.2 Å². The van der Waals surface area contributed by atoms with E-state index in [9.17, 15) is 0 Å². The van der Waals surface area contributed by atoms with E-state index in [1.165, 1.54) is 6.42 Å². The van der Waals surface area contributed by atoms with Crippen LogP contribution in [0.2, 0.25) is 0 Å². The molecule has 2 aromatic heterocycles. The number of hydrogen-bond acceptors (Lipinski definition) is 3. The quantitative estimate of drug-likeness (QED) is 0.789. The van der Waals surface area contributed by atoms with Gasteiger partial charge in [0, 0.05) is 12.2 Å². The Morgan fingerprint density at radius 1 is 1.40 bits per heavy atom. The third-order valence-electron chi connectivity index (χ3n) is 3.91. The fourth-order valence-electron chi connectivity index (χ4n) is 2.65. The van der Waals surface area contributed by atoms with Gasteiger partial charge in [-0.3, -0.25) is 4.57 Å². The highest BCUT2D eigenvalue weighted by atomic mass is 32.1. The molecule has 0 saturated heterocycles. The number of rotatable bonds is 7. The smallest absolute Gasteiger partial charge is 0.179 e. The molecular formula is C15H24N4S. The molecule has 0 saturated carbocycles. The number of pyridine rings is 1. The Hall–Kier alpha value is -1.20. The first-order valence-electron chi connectivity index (χ1n) is 7.45. The summed E-state index contributed by atoms with van der Waals surface area (Å²) in [5.74, 6) is 0. The molecule has 5 heteroatoms. The van der Waals surface area contributed by atoms with Gasteiger partial charge in [-0.05, 0) is 63.8 Å². The Bertz CT molecular complexity index is 597. The van der Waals surface area contributed by atoms with Gasteiger partial charge in [-0.1, -0.05) is 13.8 Å². The second-order valence-corrected chi connectivity index (χ2v) is 5.58. The van der Waals surface area contributed by atoms with Crippen LogP contribution < -0.4 is 0 Å². The van der Waals surface area contributed by atoms with Crippen molar-refractivity contribution in [3.05, 3.63) is 23.1 Å². The highest BCUT2D eigenvalue weighted by molar-refractivity contribution is 7.71. The van der Waals surface area contributed by atoms with Gasteiger partial charge in [0.1, 0.15) is 0 Å². The van der Waals surface area contributed by atoms with Crippen molar-refractivity contribution < 1.29 is 0 Å². The lowest BCUT2D eigenvalue weighted by Gasteiger charge is -2.20. The Morgan fingerprint density at radius 3 is 2.85 bits per heavy atom. The molecule has 0 radical (unpaired) electrons. The number of aromatic amines is 1. The average molecular weight is 292 g/mol. The van der Waals surface area contributed by atoms with Crippen molar-refractivity contribution in [2.24, 2.45) is 0 Å². The number of fused-ring (bicyclic) bond motifs is 1. The molecule has 0 fully saturated rings. The number of nitrogens with zero attached hydrogens (tertiary/aromatic N) is 3. The van der Waals surface area contributed by atoms with Gasteiger partial charge in [-0.25, -0.2) is 4.98 Å². The van der Waals surface area contributed by atoms with Gasteiger partial charge in [-0.15, -0.1) is 0 Å². The molecule has 1 N–H and O–H groups in total. The molecule has 0 aliphatic carbocycles. The molecular weight excluding hydrogens is 268 g/mol. The van der Waals surface area contributed by atoms with Crippen molar-refractivity contribution in [3.63, 3.8) is 0 Å². The SMILES string of the molecule is CCN(CC)CCCC(C)n1c(=S)[nH]c2cccnc21. The second-order valence-electron chi connectivity index (χ2n) is 5.19. The molecule has 1 unspecified atom stereocenters. The first-order valence-corrected chi connectivity index (χ1v) is 7.85. The topological polar surface area (TPSA) is 36.9 Å². The summed E-state index contributed by atoms with van der Waals surface area (Å²) in [5.41, 5.74) is 1.99. The third-order valence-corrected chi connectivity index (χ3v) is 4.21. The minimum absolute atomic E-state index is 0.377. The largest absolute Gasteiger partial charge is 0.329 e. The van der Waals surface area contributed by atoms with Crippen LogP contribution in [-0.4, -0.2) is 39.1 Å². The molecule has 4 nitrogen and oxygen atoms in total. The zero-order valence-electron chi connectivity index (χ0n) is 12.6. The lowest BCUT2D eigenvalue weighted by Crippen LogP contribution is -2.24. The number of H-pyrrole nitrogens is 1. The molecule has 1 atom stereocenters. The Balaban J connectivity index is 2.06. The molecule has 20 heavy (non-hydrogen) atoms. The third kappa shape index (κ3) is 3.27. The van der Waals surface area contributed by atoms with Crippen LogP contribution in [-0.2, 0) is 0 Å². The second kappa shape index (κ2) is 6.99. The summed E-state index contributed by atoms with van der Waals surface area (Å²) < 4.78 is 2.92. The van der Waals surface area contributed by atoms with E-state index in [0.717, 1.165) is 42.0 Å². The van der Waals surface area contributed by atoms with E-state index in [0.29, 0.717) is 6.04 Å². The predicted octanol–water partition coefficient (Wildman–Crippen LogP) is 3.78. The van der Waals surface area contributed by atoms with Crippen molar-refractivity contribution >= 4 is 23.4 Å². The van der Waals surface area contributed by atoms with Crippen LogP contribution in [0.1, 0.15) is 39.7 Å². The summed E-state index contributed by atoms with van der Waals surface area (Å²) in [6.45, 7) is 10.1. The summed E-state index contributed by atoms with van der Waals surface area (Å²) >= 11 is 5.43. The van der Waals surface area contributed by atoms with Crippen molar-refractivity contribution in [3.8, 4) is 0 Å². The van der Waals surface area contributed by atoms with Crippen LogP contribution in [0.4, 0.5) is 0 Å². The van der Waals surface area contributed by atoms with E-state index >= 15 is 0 Å². The highest BCUT2D eigenvalue weighted by Crippen LogP contribution is 2.20. The number of aromatic nitrogens is 3. The van der Waals surface area contributed by atoms with Gasteiger partial charge in [-0.2, -0.15) is 0 Å². The maximum Gasteiger partial charge on any atom is 0.179 e. The van der Waals surface area contributed by atoms with E-state index in [1.54, 1.807) is 0 Å². The number of imidazole rings is 1. The van der Waals surface area contributed by atoms with Gasteiger partial charge < -0.3 is 9.88 Å². The normalized spacial score (nSPS) is 13.2. The van der Waals surface area contributed by atoms with Crippen molar-refractivity contribution in [2.45, 2.75) is 39.7 Å². The first-order chi connectivity index (χ1) is 9.67. The van der Waals surface area contributed by atoms with Crippen molar-refractivity contribution in [1.29, 1.82) is 0 Å². The first kappa shape index (κ1) is 15.2. The van der Waals surface area contributed by atoms with Crippen LogP contribution in [0.3, 0.4) is 0 Å². The predicted molar refractivity (Wildman–Crippen MR) is 86.7 cm³/mol. The standard InChI is InChI=1S/C15H24N4S/c1-4-18(5-2)11-7-8-12(3)19-14-13(17-15(19)20)9-6-10-16-14/h6,9-10,12H,4-5,7-8,11H2,1-3H3,(H,17,20). The van der Waals surface area contributed by atoms with E-state index in [-0.39, 0.29) is 0 Å². The molecule has 0 bridgehead atoms. The molecule has 0 amide bonds. The summed E-state index contributed by atoms with van der Waals surface area (Å²) in [4.78, 5) is 10.1. The maximum absolute atomic E-state index is 5.43. The number of nitrogens with one attached hydrogen (secondary N) is 1. The molecule has 0 aliphatic rings. The average Bonchev–Trinajstić information content (AvgIpc) is 2.79. The Labute approximate surface area is 125 Å². The van der Waals surface area contributed by atoms with Crippen LogP contribution in [0.15, 0.2) is 18.3 Å². The summed E-state index contributed by atoms with van der Waals surface area (Å²) in [6, 6.07) is 4.34. The van der Waals surface area contributed by atoms with Crippen molar-refractivity contribution in [1.82, 2.24) is 19.4 Å². The van der Waals surface area contributed by atoms with Crippen molar-refractivity contribution in [2.75, 3.05) is 19.6 Å². The molecule has 0 aromatic carbocycles. The molecule has 2 rings (SSSR count). The van der Waals surface area contributed by atoms with E-state index < -0.39 is 0 Å². The van der Waals surface area contributed by atoms with Crippen LogP contribution in [0, 0.1) is 4.77 Å². The monoisotopic (exact) mass is 292 g/mol. The fraction of sp³-hybridized carbons (Fsp3) is 0.600. The van der Waals surface area contributed by atoms with Gasteiger partial charge in [0.15, 0.2) is 10.4 Å². The maximum atomic E-state index is 5.43.